The van der Waals surface area contributed by atoms with Crippen LogP contribution in [0.2, 0.25) is 0 Å². The largest absolute Gasteiger partial charge is 0.399 e. The minimum absolute atomic E-state index is 0.243. The molecular formula is C26H54O4S. The van der Waals surface area contributed by atoms with Crippen LogP contribution in [0, 0.1) is 11.8 Å². The van der Waals surface area contributed by atoms with Crippen LogP contribution in [-0.4, -0.2) is 21.6 Å². The van der Waals surface area contributed by atoms with Crippen LogP contribution >= 0.6 is 0 Å². The Morgan fingerprint density at radius 1 is 0.516 bits per heavy atom. The van der Waals surface area contributed by atoms with Crippen LogP contribution in [0.15, 0.2) is 0 Å². The molecule has 0 aromatic rings. The monoisotopic (exact) mass is 462 g/mol. The van der Waals surface area contributed by atoms with Crippen LogP contribution < -0.4 is 0 Å². The van der Waals surface area contributed by atoms with Gasteiger partial charge in [0.15, 0.2) is 0 Å². The molecule has 0 saturated heterocycles. The molecule has 0 aliphatic heterocycles. The lowest BCUT2D eigenvalue weighted by Gasteiger charge is -2.08. The third kappa shape index (κ3) is 22.8. The van der Waals surface area contributed by atoms with E-state index < -0.39 is 10.4 Å². The van der Waals surface area contributed by atoms with Crippen LogP contribution in [-0.2, 0) is 18.8 Å². The summed E-state index contributed by atoms with van der Waals surface area (Å²) in [7, 11) is -3.81. The van der Waals surface area contributed by atoms with E-state index in [0.717, 1.165) is 50.4 Å². The number of hydrogen-bond acceptors (Lipinski definition) is 4. The Bertz CT molecular complexity index is 428. The standard InChI is InChI=1S/C26H54O4S/c1-5-25(3)21-17-13-9-7-11-15-19-23-29-31(27,28)30-24-20-16-12-8-10-14-18-22-26(4)6-2/h25-26H,5-24H2,1-4H3. The summed E-state index contributed by atoms with van der Waals surface area (Å²) in [6.45, 7) is 9.66. The molecule has 0 saturated carbocycles. The molecule has 0 heterocycles. The van der Waals surface area contributed by atoms with Gasteiger partial charge in [-0.2, -0.15) is 8.42 Å². The smallest absolute Gasteiger partial charge is 0.248 e. The topological polar surface area (TPSA) is 52.6 Å². The molecule has 0 N–H and O–H groups in total. The van der Waals surface area contributed by atoms with Crippen LogP contribution in [0.5, 0.6) is 0 Å². The van der Waals surface area contributed by atoms with Gasteiger partial charge in [0.1, 0.15) is 0 Å². The lowest BCUT2D eigenvalue weighted by molar-refractivity contribution is 0.208. The summed E-state index contributed by atoms with van der Waals surface area (Å²) in [5, 5.41) is 0. The first-order valence-electron chi connectivity index (χ1n) is 13.4. The quantitative estimate of drug-likeness (QED) is 0.135. The Morgan fingerprint density at radius 2 is 0.806 bits per heavy atom. The molecule has 0 aliphatic carbocycles. The van der Waals surface area contributed by atoms with Crippen molar-refractivity contribution in [3.05, 3.63) is 0 Å². The molecule has 2 atom stereocenters. The van der Waals surface area contributed by atoms with E-state index in [1.54, 1.807) is 0 Å². The summed E-state index contributed by atoms with van der Waals surface area (Å²) in [5.74, 6) is 1.71. The first-order chi connectivity index (χ1) is 14.9. The Hall–Kier alpha value is -0.130. The van der Waals surface area contributed by atoms with E-state index in [2.05, 4.69) is 27.7 Å². The fourth-order valence-electron chi connectivity index (χ4n) is 3.72. The predicted octanol–water partition coefficient (Wildman–Crippen LogP) is 8.60. The maximum absolute atomic E-state index is 11.8. The van der Waals surface area contributed by atoms with Gasteiger partial charge in [-0.25, -0.2) is 8.37 Å². The van der Waals surface area contributed by atoms with Gasteiger partial charge in [-0.3, -0.25) is 0 Å². The fourth-order valence-corrected chi connectivity index (χ4v) is 4.43. The molecule has 0 aliphatic rings. The first kappa shape index (κ1) is 30.9. The summed E-state index contributed by atoms with van der Waals surface area (Å²) >= 11 is 0. The molecule has 0 amide bonds. The predicted molar refractivity (Wildman–Crippen MR) is 134 cm³/mol. The molecule has 0 fully saturated rings. The average Bonchev–Trinajstić information content (AvgIpc) is 2.75. The summed E-state index contributed by atoms with van der Waals surface area (Å²) in [6, 6.07) is 0. The molecule has 188 valence electrons. The van der Waals surface area contributed by atoms with Crippen molar-refractivity contribution in [2.75, 3.05) is 13.2 Å². The van der Waals surface area contributed by atoms with E-state index in [0.29, 0.717) is 0 Å². The maximum Gasteiger partial charge on any atom is 0.399 e. The van der Waals surface area contributed by atoms with Gasteiger partial charge in [0.05, 0.1) is 13.2 Å². The molecule has 31 heavy (non-hydrogen) atoms. The highest BCUT2D eigenvalue weighted by Gasteiger charge is 2.11. The number of rotatable bonds is 24. The van der Waals surface area contributed by atoms with Crippen LogP contribution in [0.1, 0.15) is 143 Å². The summed E-state index contributed by atoms with van der Waals surface area (Å²) in [5.41, 5.74) is 0. The zero-order chi connectivity index (χ0) is 23.2. The summed E-state index contributed by atoms with van der Waals surface area (Å²) in [6.07, 6.45) is 21.6. The third-order valence-electron chi connectivity index (χ3n) is 6.53. The van der Waals surface area contributed by atoms with Gasteiger partial charge >= 0.3 is 10.4 Å². The Morgan fingerprint density at radius 3 is 1.13 bits per heavy atom. The Balaban J connectivity index is 3.38. The van der Waals surface area contributed by atoms with Crippen LogP contribution in [0.3, 0.4) is 0 Å². The van der Waals surface area contributed by atoms with Gasteiger partial charge in [-0.1, -0.05) is 130 Å². The molecule has 0 spiro atoms. The number of hydrogen-bond donors (Lipinski definition) is 0. The minimum atomic E-state index is -3.81. The van der Waals surface area contributed by atoms with Gasteiger partial charge in [0.25, 0.3) is 0 Å². The van der Waals surface area contributed by atoms with E-state index in [-0.39, 0.29) is 13.2 Å². The minimum Gasteiger partial charge on any atom is -0.248 e. The molecule has 0 rings (SSSR count). The Labute approximate surface area is 195 Å². The van der Waals surface area contributed by atoms with Gasteiger partial charge in [-0.05, 0) is 24.7 Å². The Kier molecular flexibility index (Phi) is 21.6. The van der Waals surface area contributed by atoms with E-state index in [4.69, 9.17) is 8.37 Å². The molecule has 2 unspecified atom stereocenters. The van der Waals surface area contributed by atoms with Gasteiger partial charge in [0.2, 0.25) is 0 Å². The molecule has 4 nitrogen and oxygen atoms in total. The number of unbranched alkanes of at least 4 members (excludes halogenated alkanes) is 12. The molecule has 0 radical (unpaired) electrons. The maximum atomic E-state index is 11.8. The van der Waals surface area contributed by atoms with E-state index >= 15 is 0 Å². The second-order valence-corrected chi connectivity index (χ2v) is 10.9. The highest BCUT2D eigenvalue weighted by atomic mass is 32.3. The van der Waals surface area contributed by atoms with Crippen molar-refractivity contribution >= 4 is 10.4 Å². The molecule has 0 aromatic carbocycles. The van der Waals surface area contributed by atoms with Gasteiger partial charge in [-0.15, -0.1) is 0 Å². The fraction of sp³-hybridized carbons (Fsp3) is 1.00. The second-order valence-electron chi connectivity index (χ2n) is 9.61. The van der Waals surface area contributed by atoms with Crippen molar-refractivity contribution in [3.63, 3.8) is 0 Å². The van der Waals surface area contributed by atoms with Crippen molar-refractivity contribution in [2.45, 2.75) is 143 Å². The SMILES string of the molecule is CCC(C)CCCCCCCCCOS(=O)(=O)OCCCCCCCCCC(C)CC. The zero-order valence-corrected chi connectivity index (χ0v) is 22.2. The molecule has 0 bridgehead atoms. The molecule has 0 aromatic heterocycles. The molecule has 5 heteroatoms. The lowest BCUT2D eigenvalue weighted by Crippen LogP contribution is -2.12. The summed E-state index contributed by atoms with van der Waals surface area (Å²) in [4.78, 5) is 0. The normalized spacial score (nSPS) is 14.1. The van der Waals surface area contributed by atoms with Crippen molar-refractivity contribution in [2.24, 2.45) is 11.8 Å². The van der Waals surface area contributed by atoms with Crippen molar-refractivity contribution < 1.29 is 16.8 Å². The third-order valence-corrected chi connectivity index (χ3v) is 7.44. The van der Waals surface area contributed by atoms with Crippen LogP contribution in [0.4, 0.5) is 0 Å². The van der Waals surface area contributed by atoms with Crippen molar-refractivity contribution in [1.29, 1.82) is 0 Å². The first-order valence-corrected chi connectivity index (χ1v) is 14.8. The van der Waals surface area contributed by atoms with Crippen LogP contribution in [0.25, 0.3) is 0 Å². The van der Waals surface area contributed by atoms with Crippen molar-refractivity contribution in [3.8, 4) is 0 Å². The van der Waals surface area contributed by atoms with Gasteiger partial charge < -0.3 is 0 Å². The molecular weight excluding hydrogens is 408 g/mol. The average molecular weight is 463 g/mol. The van der Waals surface area contributed by atoms with Gasteiger partial charge in [0, 0.05) is 0 Å². The highest BCUT2D eigenvalue weighted by molar-refractivity contribution is 7.81. The lowest BCUT2D eigenvalue weighted by atomic mass is 10.00. The van der Waals surface area contributed by atoms with E-state index in [9.17, 15) is 8.42 Å². The van der Waals surface area contributed by atoms with Crippen molar-refractivity contribution in [1.82, 2.24) is 0 Å². The van der Waals surface area contributed by atoms with E-state index in [1.165, 1.54) is 77.0 Å². The zero-order valence-electron chi connectivity index (χ0n) is 21.3. The highest BCUT2D eigenvalue weighted by Crippen LogP contribution is 2.16. The summed E-state index contributed by atoms with van der Waals surface area (Å²) < 4.78 is 33.4. The second kappa shape index (κ2) is 21.7. The van der Waals surface area contributed by atoms with E-state index in [1.807, 2.05) is 0 Å².